The number of alkyl halides is 2. The first-order valence-corrected chi connectivity index (χ1v) is 5.39. The zero-order valence-corrected chi connectivity index (χ0v) is 6.68. The SMILES string of the molecule is CC(CN)[C@@H]1C[I-]1. The van der Waals surface area contributed by atoms with E-state index in [4.69, 9.17) is 5.73 Å². The van der Waals surface area contributed by atoms with Crippen molar-refractivity contribution in [2.24, 2.45) is 11.7 Å². The molecule has 2 atom stereocenters. The Bertz CT molecular complexity index is 61.1. The molecule has 1 unspecified atom stereocenters. The van der Waals surface area contributed by atoms with Gasteiger partial charge in [0.05, 0.1) is 0 Å². The quantitative estimate of drug-likeness (QED) is 0.384. The predicted octanol–water partition coefficient (Wildman–Crippen LogP) is -2.95. The molecule has 0 spiro atoms. The molecule has 1 heterocycles. The van der Waals surface area contributed by atoms with Crippen LogP contribution in [-0.2, 0) is 0 Å². The zero-order valence-electron chi connectivity index (χ0n) is 4.52. The van der Waals surface area contributed by atoms with Gasteiger partial charge in [-0.1, -0.05) is 0 Å². The van der Waals surface area contributed by atoms with Gasteiger partial charge in [-0.15, -0.1) is 0 Å². The van der Waals surface area contributed by atoms with Crippen molar-refractivity contribution in [3.8, 4) is 0 Å². The van der Waals surface area contributed by atoms with Gasteiger partial charge in [-0.05, 0) is 0 Å². The fourth-order valence-corrected chi connectivity index (χ4v) is 2.83. The van der Waals surface area contributed by atoms with E-state index in [0.29, 0.717) is 21.2 Å². The summed E-state index contributed by atoms with van der Waals surface area (Å²) in [6.07, 6.45) is 0. The monoisotopic (exact) mass is 212 g/mol. The van der Waals surface area contributed by atoms with E-state index in [9.17, 15) is 0 Å². The average molecular weight is 212 g/mol. The standard InChI is InChI=1S/C5H11IN/c1-4(3-7)5-2-6-5/h4-5H,2-3,7H2,1H3/q-1/t4?,5-/m0/s1. The van der Waals surface area contributed by atoms with E-state index >= 15 is 0 Å². The third kappa shape index (κ3) is 1.57. The van der Waals surface area contributed by atoms with Crippen LogP contribution in [0.25, 0.3) is 0 Å². The number of hydrogen-bond acceptors (Lipinski definition) is 1. The molecule has 1 nitrogen and oxygen atoms in total. The summed E-state index contributed by atoms with van der Waals surface area (Å²) >= 11 is 0.647. The Kier molecular flexibility index (Phi) is 1.92. The third-order valence-electron chi connectivity index (χ3n) is 1.32. The molecule has 0 aliphatic carbocycles. The minimum absolute atomic E-state index is 0.647. The van der Waals surface area contributed by atoms with Crippen LogP contribution in [0.4, 0.5) is 0 Å². The first kappa shape index (κ1) is 5.82. The van der Waals surface area contributed by atoms with E-state index in [1.54, 1.807) is 0 Å². The van der Waals surface area contributed by atoms with E-state index in [2.05, 4.69) is 6.92 Å². The van der Waals surface area contributed by atoms with Crippen LogP contribution in [0.15, 0.2) is 0 Å². The molecular weight excluding hydrogens is 201 g/mol. The first-order chi connectivity index (χ1) is 3.34. The second-order valence-corrected chi connectivity index (χ2v) is 5.40. The van der Waals surface area contributed by atoms with Crippen LogP contribution in [0.5, 0.6) is 0 Å². The van der Waals surface area contributed by atoms with Gasteiger partial charge in [0.2, 0.25) is 0 Å². The Morgan fingerprint density at radius 3 is 2.71 bits per heavy atom. The van der Waals surface area contributed by atoms with Crippen molar-refractivity contribution in [2.75, 3.05) is 11.0 Å². The molecule has 1 fully saturated rings. The van der Waals surface area contributed by atoms with Crippen molar-refractivity contribution < 1.29 is 21.2 Å². The van der Waals surface area contributed by atoms with E-state index in [-0.39, 0.29) is 0 Å². The van der Waals surface area contributed by atoms with Crippen LogP contribution < -0.4 is 26.9 Å². The van der Waals surface area contributed by atoms with Crippen LogP contribution in [0.2, 0.25) is 0 Å². The fourth-order valence-electron chi connectivity index (χ4n) is 0.503. The maximum atomic E-state index is 5.43. The van der Waals surface area contributed by atoms with Gasteiger partial charge in [0.25, 0.3) is 0 Å². The summed E-state index contributed by atoms with van der Waals surface area (Å²) in [6, 6.07) is 0. The van der Waals surface area contributed by atoms with Crippen molar-refractivity contribution >= 4 is 0 Å². The molecular formula is C5H11IN-. The summed E-state index contributed by atoms with van der Waals surface area (Å²) in [7, 11) is 0. The van der Waals surface area contributed by atoms with Gasteiger partial charge < -0.3 is 0 Å². The Labute approximate surface area is 54.9 Å². The Balaban J connectivity index is 2.10. The summed E-state index contributed by atoms with van der Waals surface area (Å²) in [5.41, 5.74) is 5.43. The molecule has 0 amide bonds. The Morgan fingerprint density at radius 1 is 2.00 bits per heavy atom. The molecule has 0 aromatic rings. The minimum atomic E-state index is 0.647. The van der Waals surface area contributed by atoms with E-state index in [1.807, 2.05) is 0 Å². The van der Waals surface area contributed by atoms with Crippen LogP contribution in [0.3, 0.4) is 0 Å². The molecule has 7 heavy (non-hydrogen) atoms. The van der Waals surface area contributed by atoms with Crippen LogP contribution >= 0.6 is 0 Å². The number of nitrogens with two attached hydrogens (primary N) is 1. The van der Waals surface area contributed by atoms with Gasteiger partial charge in [0.15, 0.2) is 0 Å². The molecule has 1 aliphatic rings. The van der Waals surface area contributed by atoms with Crippen LogP contribution in [-0.4, -0.2) is 14.9 Å². The Hall–Kier alpha value is 0.690. The molecule has 0 saturated carbocycles. The molecule has 1 saturated heterocycles. The average Bonchev–Trinajstić information content (AvgIpc) is 2.44. The molecule has 0 aromatic heterocycles. The molecule has 0 radical (unpaired) electrons. The summed E-state index contributed by atoms with van der Waals surface area (Å²) in [5.74, 6) is 0.841. The topological polar surface area (TPSA) is 26.0 Å². The molecule has 2 heteroatoms. The van der Waals surface area contributed by atoms with Crippen molar-refractivity contribution in [3.63, 3.8) is 0 Å². The number of rotatable bonds is 2. The predicted molar refractivity (Wildman–Crippen MR) is 26.9 cm³/mol. The molecule has 0 aromatic carbocycles. The van der Waals surface area contributed by atoms with Crippen molar-refractivity contribution in [2.45, 2.75) is 10.8 Å². The molecule has 0 bridgehead atoms. The molecule has 1 rings (SSSR count). The zero-order chi connectivity index (χ0) is 5.28. The second kappa shape index (κ2) is 2.31. The van der Waals surface area contributed by atoms with Gasteiger partial charge in [-0.2, -0.15) is 0 Å². The third-order valence-corrected chi connectivity index (χ3v) is 4.45. The first-order valence-electron chi connectivity index (χ1n) is 2.62. The van der Waals surface area contributed by atoms with Gasteiger partial charge in [0.1, 0.15) is 0 Å². The van der Waals surface area contributed by atoms with Gasteiger partial charge >= 0.3 is 54.7 Å². The van der Waals surface area contributed by atoms with Gasteiger partial charge in [-0.3, -0.25) is 0 Å². The van der Waals surface area contributed by atoms with Gasteiger partial charge in [0, 0.05) is 0 Å². The van der Waals surface area contributed by atoms with Crippen LogP contribution in [0.1, 0.15) is 6.92 Å². The number of hydrogen-bond donors (Lipinski definition) is 1. The normalized spacial score (nSPS) is 33.7. The fraction of sp³-hybridized carbons (Fsp3) is 1.00. The summed E-state index contributed by atoms with van der Waals surface area (Å²) in [6.45, 7) is 3.17. The summed E-state index contributed by atoms with van der Waals surface area (Å²) in [4.78, 5) is 0. The van der Waals surface area contributed by atoms with E-state index in [0.717, 1.165) is 16.4 Å². The van der Waals surface area contributed by atoms with E-state index in [1.165, 1.54) is 4.43 Å². The summed E-state index contributed by atoms with van der Waals surface area (Å²) < 4.78 is 2.64. The van der Waals surface area contributed by atoms with Crippen molar-refractivity contribution in [1.29, 1.82) is 0 Å². The molecule has 1 aliphatic heterocycles. The second-order valence-electron chi connectivity index (χ2n) is 2.04. The van der Waals surface area contributed by atoms with Crippen LogP contribution in [0, 0.1) is 5.92 Å². The Morgan fingerprint density at radius 2 is 2.57 bits per heavy atom. The van der Waals surface area contributed by atoms with Gasteiger partial charge in [-0.25, -0.2) is 0 Å². The van der Waals surface area contributed by atoms with E-state index < -0.39 is 0 Å². The maximum absolute atomic E-state index is 5.43. The summed E-state index contributed by atoms with van der Waals surface area (Å²) in [5, 5.41) is 0. The molecule has 44 valence electrons. The number of halogens is 1. The van der Waals surface area contributed by atoms with Crippen molar-refractivity contribution in [1.82, 2.24) is 0 Å². The van der Waals surface area contributed by atoms with Crippen molar-refractivity contribution in [3.05, 3.63) is 0 Å². The molecule has 2 N–H and O–H groups in total.